The molecule has 0 saturated carbocycles. The van der Waals surface area contributed by atoms with Gasteiger partial charge in [0.1, 0.15) is 5.84 Å². The predicted molar refractivity (Wildman–Crippen MR) is 106 cm³/mol. The number of benzene rings is 2. The van der Waals surface area contributed by atoms with Gasteiger partial charge in [-0.05, 0) is 31.0 Å². The standard InChI is InChI=1S/C21H22N4O4/c1-3-29-21(18(26)24-11-13-7-9-14(10-8-13)17(22)23)25-19(27)15-6-4-5-12(2)16(15)20(25)28/h4-10,21H,3,11H2,1-2H3,(H3,22,23)(H,24,26). The topological polar surface area (TPSA) is 126 Å². The fourth-order valence-corrected chi connectivity index (χ4v) is 3.19. The molecule has 0 spiro atoms. The molecule has 0 aliphatic carbocycles. The molecule has 2 aromatic carbocycles. The summed E-state index contributed by atoms with van der Waals surface area (Å²) in [6, 6.07) is 11.8. The average molecular weight is 394 g/mol. The zero-order valence-corrected chi connectivity index (χ0v) is 16.2. The van der Waals surface area contributed by atoms with Crippen LogP contribution in [-0.2, 0) is 16.1 Å². The highest BCUT2D eigenvalue weighted by atomic mass is 16.5. The van der Waals surface area contributed by atoms with Crippen molar-refractivity contribution in [1.82, 2.24) is 10.2 Å². The van der Waals surface area contributed by atoms with E-state index >= 15 is 0 Å². The second-order valence-corrected chi connectivity index (χ2v) is 6.61. The third-order valence-corrected chi connectivity index (χ3v) is 4.67. The van der Waals surface area contributed by atoms with E-state index in [1.54, 1.807) is 56.3 Å². The number of imide groups is 1. The van der Waals surface area contributed by atoms with Crippen LogP contribution < -0.4 is 11.1 Å². The van der Waals surface area contributed by atoms with Crippen LogP contribution in [0.25, 0.3) is 0 Å². The van der Waals surface area contributed by atoms with Gasteiger partial charge in [0.2, 0.25) is 6.23 Å². The lowest BCUT2D eigenvalue weighted by Crippen LogP contribution is -2.51. The summed E-state index contributed by atoms with van der Waals surface area (Å²) in [5.41, 5.74) is 8.02. The number of hydrogen-bond acceptors (Lipinski definition) is 5. The number of hydrogen-bond donors (Lipinski definition) is 3. The molecular weight excluding hydrogens is 372 g/mol. The van der Waals surface area contributed by atoms with Gasteiger partial charge in [-0.25, -0.2) is 4.90 Å². The average Bonchev–Trinajstić information content (AvgIpc) is 2.96. The lowest BCUT2D eigenvalue weighted by molar-refractivity contribution is -0.140. The number of aryl methyl sites for hydroxylation is 1. The maximum Gasteiger partial charge on any atom is 0.271 e. The molecule has 0 bridgehead atoms. The number of nitrogens with two attached hydrogens (primary N) is 1. The van der Waals surface area contributed by atoms with Gasteiger partial charge in [0.05, 0.1) is 11.1 Å². The first-order valence-electron chi connectivity index (χ1n) is 9.15. The third kappa shape index (κ3) is 3.88. The smallest absolute Gasteiger partial charge is 0.271 e. The van der Waals surface area contributed by atoms with Crippen LogP contribution in [0.15, 0.2) is 42.5 Å². The summed E-state index contributed by atoms with van der Waals surface area (Å²) < 4.78 is 5.47. The van der Waals surface area contributed by atoms with Gasteiger partial charge >= 0.3 is 0 Å². The van der Waals surface area contributed by atoms with Crippen molar-refractivity contribution >= 4 is 23.6 Å². The van der Waals surface area contributed by atoms with Crippen molar-refractivity contribution in [1.29, 1.82) is 5.41 Å². The number of fused-ring (bicyclic) bond motifs is 1. The fourth-order valence-electron chi connectivity index (χ4n) is 3.19. The summed E-state index contributed by atoms with van der Waals surface area (Å²) in [6.45, 7) is 3.75. The molecule has 0 aromatic heterocycles. The number of nitrogens with zero attached hydrogens (tertiary/aromatic N) is 1. The van der Waals surface area contributed by atoms with Gasteiger partial charge in [-0.2, -0.15) is 0 Å². The Balaban J connectivity index is 1.76. The minimum absolute atomic E-state index is 0.0436. The van der Waals surface area contributed by atoms with E-state index in [1.807, 2.05) is 0 Å². The van der Waals surface area contributed by atoms with Crippen LogP contribution in [0.5, 0.6) is 0 Å². The van der Waals surface area contributed by atoms with Crippen LogP contribution in [0.3, 0.4) is 0 Å². The Bertz CT molecular complexity index is 985. The quantitative estimate of drug-likeness (QED) is 0.373. The van der Waals surface area contributed by atoms with Crippen molar-refractivity contribution in [2.24, 2.45) is 5.73 Å². The van der Waals surface area contributed by atoms with E-state index in [4.69, 9.17) is 15.9 Å². The maximum absolute atomic E-state index is 12.8. The zero-order valence-electron chi connectivity index (χ0n) is 16.2. The molecule has 1 atom stereocenters. The summed E-state index contributed by atoms with van der Waals surface area (Å²) in [4.78, 5) is 39.2. The molecule has 3 amide bonds. The second-order valence-electron chi connectivity index (χ2n) is 6.61. The van der Waals surface area contributed by atoms with Crippen molar-refractivity contribution < 1.29 is 19.1 Å². The molecule has 0 radical (unpaired) electrons. The first kappa shape index (κ1) is 20.2. The Kier molecular flexibility index (Phi) is 5.74. The van der Waals surface area contributed by atoms with E-state index in [1.165, 1.54) is 0 Å². The molecule has 8 heteroatoms. The van der Waals surface area contributed by atoms with Gasteiger partial charge in [-0.1, -0.05) is 36.4 Å². The van der Waals surface area contributed by atoms with E-state index in [-0.39, 0.29) is 24.6 Å². The van der Waals surface area contributed by atoms with Gasteiger partial charge in [-0.3, -0.25) is 19.8 Å². The number of carbonyl (C=O) groups excluding carboxylic acids is 3. The van der Waals surface area contributed by atoms with Crippen molar-refractivity contribution in [3.05, 3.63) is 70.3 Å². The van der Waals surface area contributed by atoms with E-state index in [0.717, 1.165) is 10.5 Å². The molecule has 0 fully saturated rings. The fraction of sp³-hybridized carbons (Fsp3) is 0.238. The molecule has 2 aromatic rings. The lowest BCUT2D eigenvalue weighted by Gasteiger charge is -2.25. The normalized spacial score (nSPS) is 13.9. The van der Waals surface area contributed by atoms with Gasteiger partial charge in [-0.15, -0.1) is 0 Å². The Labute approximate surface area is 168 Å². The molecule has 150 valence electrons. The molecular formula is C21H22N4O4. The third-order valence-electron chi connectivity index (χ3n) is 4.67. The summed E-state index contributed by atoms with van der Waals surface area (Å²) in [5.74, 6) is -1.72. The van der Waals surface area contributed by atoms with Crippen LogP contribution in [0, 0.1) is 12.3 Å². The highest BCUT2D eigenvalue weighted by Crippen LogP contribution is 2.27. The Morgan fingerprint density at radius 3 is 2.45 bits per heavy atom. The largest absolute Gasteiger partial charge is 0.384 e. The Hall–Kier alpha value is -3.52. The summed E-state index contributed by atoms with van der Waals surface area (Å²) in [6.07, 6.45) is -1.36. The predicted octanol–water partition coefficient (Wildman–Crippen LogP) is 1.55. The minimum atomic E-state index is -1.36. The lowest BCUT2D eigenvalue weighted by atomic mass is 10.0. The van der Waals surface area contributed by atoms with Crippen LogP contribution in [0.4, 0.5) is 0 Å². The number of nitrogens with one attached hydrogen (secondary N) is 2. The van der Waals surface area contributed by atoms with Gasteiger partial charge in [0, 0.05) is 18.7 Å². The van der Waals surface area contributed by atoms with Gasteiger partial charge < -0.3 is 15.8 Å². The highest BCUT2D eigenvalue weighted by molar-refractivity contribution is 6.23. The minimum Gasteiger partial charge on any atom is -0.384 e. The molecule has 1 unspecified atom stereocenters. The molecule has 0 saturated heterocycles. The number of nitrogen functional groups attached to an aromatic ring is 1. The van der Waals surface area contributed by atoms with Gasteiger partial charge in [0.15, 0.2) is 0 Å². The van der Waals surface area contributed by atoms with Crippen molar-refractivity contribution in [2.45, 2.75) is 26.6 Å². The van der Waals surface area contributed by atoms with Crippen molar-refractivity contribution in [3.8, 4) is 0 Å². The first-order valence-corrected chi connectivity index (χ1v) is 9.15. The van der Waals surface area contributed by atoms with E-state index < -0.39 is 23.9 Å². The van der Waals surface area contributed by atoms with Crippen LogP contribution >= 0.6 is 0 Å². The second kappa shape index (κ2) is 8.24. The first-order chi connectivity index (χ1) is 13.8. The summed E-state index contributed by atoms with van der Waals surface area (Å²) in [7, 11) is 0. The molecule has 1 aliphatic heterocycles. The van der Waals surface area contributed by atoms with E-state index in [2.05, 4.69) is 5.32 Å². The van der Waals surface area contributed by atoms with Crippen LogP contribution in [-0.4, -0.2) is 41.3 Å². The highest BCUT2D eigenvalue weighted by Gasteiger charge is 2.44. The zero-order chi connectivity index (χ0) is 21.1. The molecule has 4 N–H and O–H groups in total. The molecule has 3 rings (SSSR count). The molecule has 1 aliphatic rings. The number of carbonyl (C=O) groups is 3. The number of amides is 3. The van der Waals surface area contributed by atoms with Crippen LogP contribution in [0.2, 0.25) is 0 Å². The van der Waals surface area contributed by atoms with Gasteiger partial charge in [0.25, 0.3) is 17.7 Å². The van der Waals surface area contributed by atoms with E-state index in [9.17, 15) is 14.4 Å². The Morgan fingerprint density at radius 2 is 1.86 bits per heavy atom. The summed E-state index contributed by atoms with van der Waals surface area (Å²) >= 11 is 0. The molecule has 29 heavy (non-hydrogen) atoms. The number of ether oxygens (including phenoxy) is 1. The van der Waals surface area contributed by atoms with Crippen molar-refractivity contribution in [3.63, 3.8) is 0 Å². The van der Waals surface area contributed by atoms with Crippen molar-refractivity contribution in [2.75, 3.05) is 6.61 Å². The van der Waals surface area contributed by atoms with E-state index in [0.29, 0.717) is 16.7 Å². The molecule has 8 nitrogen and oxygen atoms in total. The molecule has 1 heterocycles. The Morgan fingerprint density at radius 1 is 1.17 bits per heavy atom. The monoisotopic (exact) mass is 394 g/mol. The number of amidine groups is 1. The SMILES string of the molecule is CCOC(C(=O)NCc1ccc(C(=N)N)cc1)N1C(=O)c2cccc(C)c2C1=O. The number of rotatable bonds is 7. The maximum atomic E-state index is 12.8. The summed E-state index contributed by atoms with van der Waals surface area (Å²) in [5, 5.41) is 10.1. The van der Waals surface area contributed by atoms with Crippen LogP contribution in [0.1, 0.15) is 44.3 Å².